The summed E-state index contributed by atoms with van der Waals surface area (Å²) < 4.78 is 5.72. The molecule has 23 heavy (non-hydrogen) atoms. The minimum Gasteiger partial charge on any atom is -0.477 e. The molecule has 0 aliphatic rings. The van der Waals surface area contributed by atoms with Crippen molar-refractivity contribution in [3.05, 3.63) is 64.4 Å². The molecule has 0 saturated heterocycles. The van der Waals surface area contributed by atoms with Crippen LogP contribution in [0.2, 0.25) is 5.02 Å². The molecule has 0 saturated carbocycles. The molecule has 0 amide bonds. The van der Waals surface area contributed by atoms with Crippen molar-refractivity contribution in [1.29, 1.82) is 0 Å². The van der Waals surface area contributed by atoms with Crippen LogP contribution in [0.4, 0.5) is 0 Å². The van der Waals surface area contributed by atoms with E-state index in [2.05, 4.69) is 22.1 Å². The third kappa shape index (κ3) is 5.36. The van der Waals surface area contributed by atoms with E-state index >= 15 is 0 Å². The molecule has 0 fully saturated rings. The lowest BCUT2D eigenvalue weighted by atomic mass is 10.0. The summed E-state index contributed by atoms with van der Waals surface area (Å²) in [6.45, 7) is 6.61. The van der Waals surface area contributed by atoms with Crippen LogP contribution in [0, 0.1) is 0 Å². The molecule has 0 unspecified atom stereocenters. The van der Waals surface area contributed by atoms with E-state index in [1.165, 1.54) is 5.56 Å². The Bertz CT molecular complexity index is 668. The number of rotatable bonds is 6. The summed E-state index contributed by atoms with van der Waals surface area (Å²) in [5.74, 6) is 0.629. The molecule has 0 aliphatic heterocycles. The van der Waals surface area contributed by atoms with Crippen LogP contribution in [-0.4, -0.2) is 23.5 Å². The van der Waals surface area contributed by atoms with Crippen molar-refractivity contribution in [3.8, 4) is 0 Å². The fourth-order valence-electron chi connectivity index (χ4n) is 2.34. The number of ether oxygens (including phenoxy) is 1. The molecule has 4 heteroatoms. The van der Waals surface area contributed by atoms with Gasteiger partial charge in [-0.25, -0.2) is 4.99 Å². The van der Waals surface area contributed by atoms with Gasteiger partial charge in [0, 0.05) is 17.3 Å². The van der Waals surface area contributed by atoms with E-state index in [4.69, 9.17) is 16.3 Å². The van der Waals surface area contributed by atoms with Gasteiger partial charge in [-0.1, -0.05) is 29.8 Å². The molecular formula is C19H23ClN2O. The van der Waals surface area contributed by atoms with Gasteiger partial charge in [0.25, 0.3) is 0 Å². The van der Waals surface area contributed by atoms with Gasteiger partial charge in [0.1, 0.15) is 5.69 Å². The van der Waals surface area contributed by atoms with Crippen LogP contribution in [0.15, 0.2) is 47.6 Å². The molecule has 0 aliphatic carbocycles. The van der Waals surface area contributed by atoms with Crippen LogP contribution >= 0.6 is 11.6 Å². The second-order valence-electron chi connectivity index (χ2n) is 5.60. The number of aliphatic imine (C=N–C) groups is 1. The van der Waals surface area contributed by atoms with Crippen molar-refractivity contribution in [2.24, 2.45) is 4.99 Å². The SMILES string of the molecule is CCOC(=NC(C)C)c1ncccc1CCc1cccc(Cl)c1. The minimum absolute atomic E-state index is 0.166. The predicted octanol–water partition coefficient (Wildman–Crippen LogP) is 4.71. The quantitative estimate of drug-likeness (QED) is 0.567. The third-order valence-electron chi connectivity index (χ3n) is 3.32. The van der Waals surface area contributed by atoms with E-state index < -0.39 is 0 Å². The fourth-order valence-corrected chi connectivity index (χ4v) is 2.56. The number of aromatic nitrogens is 1. The molecular weight excluding hydrogens is 308 g/mol. The van der Waals surface area contributed by atoms with Crippen molar-refractivity contribution in [2.75, 3.05) is 6.61 Å². The maximum absolute atomic E-state index is 6.06. The van der Waals surface area contributed by atoms with E-state index in [0.717, 1.165) is 29.1 Å². The van der Waals surface area contributed by atoms with Gasteiger partial charge in [-0.3, -0.25) is 4.98 Å². The fraction of sp³-hybridized carbons (Fsp3) is 0.368. The first-order chi connectivity index (χ1) is 11.1. The number of pyridine rings is 1. The second-order valence-corrected chi connectivity index (χ2v) is 6.04. The monoisotopic (exact) mass is 330 g/mol. The highest BCUT2D eigenvalue weighted by atomic mass is 35.5. The molecule has 2 aromatic rings. The van der Waals surface area contributed by atoms with Crippen molar-refractivity contribution >= 4 is 17.5 Å². The van der Waals surface area contributed by atoms with E-state index in [9.17, 15) is 0 Å². The third-order valence-corrected chi connectivity index (χ3v) is 3.56. The summed E-state index contributed by atoms with van der Waals surface area (Å²) in [6.07, 6.45) is 3.56. The van der Waals surface area contributed by atoms with Crippen LogP contribution in [0.25, 0.3) is 0 Å². The maximum atomic E-state index is 6.06. The Hall–Kier alpha value is -1.87. The Labute approximate surface area is 143 Å². The Morgan fingerprint density at radius 3 is 2.74 bits per heavy atom. The smallest absolute Gasteiger partial charge is 0.235 e. The normalized spacial score (nSPS) is 11.8. The molecule has 0 spiro atoms. The number of halogens is 1. The predicted molar refractivity (Wildman–Crippen MR) is 96.4 cm³/mol. The van der Waals surface area contributed by atoms with E-state index in [1.807, 2.05) is 45.0 Å². The van der Waals surface area contributed by atoms with E-state index in [-0.39, 0.29) is 6.04 Å². The maximum Gasteiger partial charge on any atom is 0.235 e. The molecule has 0 N–H and O–H groups in total. The van der Waals surface area contributed by atoms with Crippen molar-refractivity contribution < 1.29 is 4.74 Å². The standard InChI is InChI=1S/C19H23ClN2O/c1-4-23-19(22-14(2)3)18-16(8-6-12-21-18)11-10-15-7-5-9-17(20)13-15/h5-9,12-14H,4,10-11H2,1-3H3. The number of aryl methyl sites for hydroxylation is 2. The summed E-state index contributed by atoms with van der Waals surface area (Å²) >= 11 is 6.06. The summed E-state index contributed by atoms with van der Waals surface area (Å²) in [4.78, 5) is 9.08. The van der Waals surface area contributed by atoms with Gasteiger partial charge >= 0.3 is 0 Å². The molecule has 0 atom stereocenters. The molecule has 2 rings (SSSR count). The molecule has 0 radical (unpaired) electrons. The van der Waals surface area contributed by atoms with E-state index in [0.29, 0.717) is 12.5 Å². The number of nitrogens with zero attached hydrogens (tertiary/aromatic N) is 2. The molecule has 1 aromatic carbocycles. The summed E-state index contributed by atoms with van der Waals surface area (Å²) in [5, 5.41) is 0.769. The van der Waals surface area contributed by atoms with Crippen molar-refractivity contribution in [1.82, 2.24) is 4.98 Å². The molecule has 0 bridgehead atoms. The van der Waals surface area contributed by atoms with Crippen LogP contribution in [0.5, 0.6) is 0 Å². The summed E-state index contributed by atoms with van der Waals surface area (Å²) in [5.41, 5.74) is 3.19. The minimum atomic E-state index is 0.166. The zero-order chi connectivity index (χ0) is 16.7. The summed E-state index contributed by atoms with van der Waals surface area (Å²) in [6, 6.07) is 12.2. The first-order valence-corrected chi connectivity index (χ1v) is 8.37. The van der Waals surface area contributed by atoms with Crippen molar-refractivity contribution in [3.63, 3.8) is 0 Å². The van der Waals surface area contributed by atoms with Crippen molar-refractivity contribution in [2.45, 2.75) is 39.7 Å². The Morgan fingerprint density at radius 2 is 2.04 bits per heavy atom. The van der Waals surface area contributed by atoms with Gasteiger partial charge in [-0.05, 0) is 62.9 Å². The number of hydrogen-bond acceptors (Lipinski definition) is 3. The Balaban J connectivity index is 2.22. The highest BCUT2D eigenvalue weighted by Gasteiger charge is 2.13. The number of benzene rings is 1. The van der Waals surface area contributed by atoms with Crippen LogP contribution < -0.4 is 0 Å². The van der Waals surface area contributed by atoms with Crippen LogP contribution in [-0.2, 0) is 17.6 Å². The van der Waals surface area contributed by atoms with Gasteiger partial charge in [-0.2, -0.15) is 0 Å². The average molecular weight is 331 g/mol. The largest absolute Gasteiger partial charge is 0.477 e. The lowest BCUT2D eigenvalue weighted by Crippen LogP contribution is -2.14. The Morgan fingerprint density at radius 1 is 1.22 bits per heavy atom. The molecule has 1 heterocycles. The molecule has 122 valence electrons. The average Bonchev–Trinajstić information content (AvgIpc) is 2.52. The highest BCUT2D eigenvalue weighted by Crippen LogP contribution is 2.16. The lowest BCUT2D eigenvalue weighted by Gasteiger charge is -2.12. The molecule has 3 nitrogen and oxygen atoms in total. The topological polar surface area (TPSA) is 34.5 Å². The van der Waals surface area contributed by atoms with Gasteiger partial charge in [-0.15, -0.1) is 0 Å². The van der Waals surface area contributed by atoms with E-state index in [1.54, 1.807) is 6.20 Å². The number of hydrogen-bond donors (Lipinski definition) is 0. The van der Waals surface area contributed by atoms with Crippen LogP contribution in [0.3, 0.4) is 0 Å². The first kappa shape index (κ1) is 17.5. The van der Waals surface area contributed by atoms with Gasteiger partial charge in [0.05, 0.1) is 6.61 Å². The van der Waals surface area contributed by atoms with Gasteiger partial charge in [0.15, 0.2) is 0 Å². The lowest BCUT2D eigenvalue weighted by molar-refractivity contribution is 0.324. The highest BCUT2D eigenvalue weighted by molar-refractivity contribution is 6.30. The van der Waals surface area contributed by atoms with Crippen LogP contribution in [0.1, 0.15) is 37.6 Å². The zero-order valence-corrected chi connectivity index (χ0v) is 14.7. The zero-order valence-electron chi connectivity index (χ0n) is 13.9. The molecule has 1 aromatic heterocycles. The first-order valence-electron chi connectivity index (χ1n) is 7.99. The van der Waals surface area contributed by atoms with Gasteiger partial charge in [0.2, 0.25) is 5.90 Å². The Kier molecular flexibility index (Phi) is 6.60. The second kappa shape index (κ2) is 8.68. The van der Waals surface area contributed by atoms with Gasteiger partial charge < -0.3 is 4.74 Å². The summed E-state index contributed by atoms with van der Waals surface area (Å²) in [7, 11) is 0.